The average Bonchev–Trinajstić information content (AvgIpc) is 3.05. The lowest BCUT2D eigenvalue weighted by Gasteiger charge is -2.15. The number of hydrogen-bond donors (Lipinski definition) is 0. The van der Waals surface area contributed by atoms with E-state index in [1.54, 1.807) is 0 Å². The molecule has 5 rings (SSSR count). The van der Waals surface area contributed by atoms with Crippen molar-refractivity contribution >= 4 is 11.0 Å². The third-order valence-corrected chi connectivity index (χ3v) is 5.22. The summed E-state index contributed by atoms with van der Waals surface area (Å²) in [7, 11) is 0. The van der Waals surface area contributed by atoms with Gasteiger partial charge in [0.1, 0.15) is 11.3 Å². The smallest absolute Gasteiger partial charge is 0.336 e. The maximum absolute atomic E-state index is 11.6. The first-order chi connectivity index (χ1) is 13.3. The molecule has 2 aromatic heterocycles. The molecule has 5 heteroatoms. The van der Waals surface area contributed by atoms with Crippen molar-refractivity contribution in [3.63, 3.8) is 0 Å². The van der Waals surface area contributed by atoms with E-state index in [4.69, 9.17) is 4.42 Å². The molecule has 0 spiro atoms. The van der Waals surface area contributed by atoms with Gasteiger partial charge in [-0.15, -0.1) is 5.10 Å². The molecule has 1 aliphatic carbocycles. The summed E-state index contributed by atoms with van der Waals surface area (Å²) in [6, 6.07) is 17.7. The van der Waals surface area contributed by atoms with E-state index in [2.05, 4.69) is 28.5 Å². The van der Waals surface area contributed by atoms with E-state index in [1.165, 1.54) is 17.2 Å². The molecule has 2 aromatic carbocycles. The van der Waals surface area contributed by atoms with Gasteiger partial charge in [0.2, 0.25) is 0 Å². The number of aromatic nitrogens is 3. The summed E-state index contributed by atoms with van der Waals surface area (Å²) in [5.74, 6) is 0. The Bertz CT molecular complexity index is 1180. The van der Waals surface area contributed by atoms with Gasteiger partial charge in [0.25, 0.3) is 0 Å². The first kappa shape index (κ1) is 16.0. The first-order valence-electron chi connectivity index (χ1n) is 9.31. The fourth-order valence-corrected chi connectivity index (χ4v) is 3.87. The average molecular weight is 357 g/mol. The van der Waals surface area contributed by atoms with Gasteiger partial charge in [0, 0.05) is 17.0 Å². The third kappa shape index (κ3) is 2.95. The van der Waals surface area contributed by atoms with Crippen molar-refractivity contribution in [1.82, 2.24) is 15.0 Å². The molecule has 0 N–H and O–H groups in total. The Labute approximate surface area is 156 Å². The number of rotatable bonds is 2. The van der Waals surface area contributed by atoms with Crippen LogP contribution in [0.5, 0.6) is 0 Å². The van der Waals surface area contributed by atoms with Crippen molar-refractivity contribution < 1.29 is 4.42 Å². The minimum absolute atomic E-state index is 0.332. The highest BCUT2D eigenvalue weighted by molar-refractivity contribution is 5.84. The molecule has 0 aliphatic heterocycles. The summed E-state index contributed by atoms with van der Waals surface area (Å²) in [4.78, 5) is 11.6. The predicted molar refractivity (Wildman–Crippen MR) is 104 cm³/mol. The van der Waals surface area contributed by atoms with Crippen LogP contribution in [0, 0.1) is 0 Å². The SMILES string of the molecule is O=c1ccc2cc3c(cc2o1)-c1nnn(Cc2ccccc2)c1CCCC3. The Morgan fingerprint density at radius 3 is 2.74 bits per heavy atom. The first-order valence-corrected chi connectivity index (χ1v) is 9.31. The van der Waals surface area contributed by atoms with Crippen LogP contribution in [0.2, 0.25) is 0 Å². The van der Waals surface area contributed by atoms with Crippen LogP contribution in [0.4, 0.5) is 0 Å². The van der Waals surface area contributed by atoms with Crippen LogP contribution in [0.25, 0.3) is 22.2 Å². The van der Waals surface area contributed by atoms with Crippen molar-refractivity contribution in [2.24, 2.45) is 0 Å². The molecule has 2 heterocycles. The minimum atomic E-state index is -0.332. The molecule has 0 fully saturated rings. The largest absolute Gasteiger partial charge is 0.423 e. The zero-order valence-corrected chi connectivity index (χ0v) is 14.9. The number of fused-ring (bicyclic) bond motifs is 4. The van der Waals surface area contributed by atoms with E-state index >= 15 is 0 Å². The number of benzene rings is 2. The van der Waals surface area contributed by atoms with Gasteiger partial charge in [-0.25, -0.2) is 9.48 Å². The molecule has 134 valence electrons. The van der Waals surface area contributed by atoms with Gasteiger partial charge < -0.3 is 4.42 Å². The lowest BCUT2D eigenvalue weighted by molar-refractivity contribution is 0.561. The molecule has 5 nitrogen and oxygen atoms in total. The Balaban J connectivity index is 1.66. The normalized spacial score (nSPS) is 13.6. The van der Waals surface area contributed by atoms with E-state index in [0.717, 1.165) is 48.0 Å². The molecule has 4 aromatic rings. The lowest BCUT2D eigenvalue weighted by atomic mass is 9.92. The van der Waals surface area contributed by atoms with Crippen LogP contribution in [-0.2, 0) is 19.4 Å². The summed E-state index contributed by atoms with van der Waals surface area (Å²) in [6.07, 6.45) is 4.17. The van der Waals surface area contributed by atoms with Gasteiger partial charge in [-0.1, -0.05) is 35.5 Å². The fourth-order valence-electron chi connectivity index (χ4n) is 3.87. The van der Waals surface area contributed by atoms with Gasteiger partial charge in [0.05, 0.1) is 12.2 Å². The van der Waals surface area contributed by atoms with Gasteiger partial charge in [-0.05, 0) is 55.0 Å². The van der Waals surface area contributed by atoms with Crippen LogP contribution < -0.4 is 5.63 Å². The highest BCUT2D eigenvalue weighted by atomic mass is 16.4. The molecular formula is C22H19N3O2. The van der Waals surface area contributed by atoms with Gasteiger partial charge in [-0.3, -0.25) is 0 Å². The Hall–Kier alpha value is -3.21. The van der Waals surface area contributed by atoms with E-state index in [0.29, 0.717) is 12.1 Å². The monoisotopic (exact) mass is 357 g/mol. The van der Waals surface area contributed by atoms with Crippen LogP contribution in [0.1, 0.15) is 29.7 Å². The molecule has 0 atom stereocenters. The molecule has 0 saturated carbocycles. The van der Waals surface area contributed by atoms with Gasteiger partial charge >= 0.3 is 5.63 Å². The lowest BCUT2D eigenvalue weighted by Crippen LogP contribution is -2.09. The van der Waals surface area contributed by atoms with E-state index in [9.17, 15) is 4.79 Å². The second-order valence-corrected chi connectivity index (χ2v) is 7.04. The fraction of sp³-hybridized carbons (Fsp3) is 0.227. The third-order valence-electron chi connectivity index (χ3n) is 5.22. The molecule has 0 amide bonds. The van der Waals surface area contributed by atoms with Gasteiger partial charge in [-0.2, -0.15) is 0 Å². The number of aryl methyl sites for hydroxylation is 1. The molecule has 0 saturated heterocycles. The van der Waals surface area contributed by atoms with Crippen molar-refractivity contribution in [3.8, 4) is 11.3 Å². The predicted octanol–water partition coefficient (Wildman–Crippen LogP) is 3.98. The Kier molecular flexibility index (Phi) is 3.85. The molecule has 0 bridgehead atoms. The van der Waals surface area contributed by atoms with Crippen LogP contribution in [-0.4, -0.2) is 15.0 Å². The van der Waals surface area contributed by atoms with Crippen molar-refractivity contribution in [2.75, 3.05) is 0 Å². The molecule has 27 heavy (non-hydrogen) atoms. The highest BCUT2D eigenvalue weighted by Crippen LogP contribution is 2.33. The molecular weight excluding hydrogens is 338 g/mol. The van der Waals surface area contributed by atoms with Crippen molar-refractivity contribution in [2.45, 2.75) is 32.2 Å². The summed E-state index contributed by atoms with van der Waals surface area (Å²) >= 11 is 0. The summed E-state index contributed by atoms with van der Waals surface area (Å²) in [6.45, 7) is 0.709. The molecule has 0 radical (unpaired) electrons. The van der Waals surface area contributed by atoms with Crippen molar-refractivity contribution in [3.05, 3.63) is 81.8 Å². The van der Waals surface area contributed by atoms with E-state index in [1.807, 2.05) is 35.0 Å². The van der Waals surface area contributed by atoms with Gasteiger partial charge in [0.15, 0.2) is 0 Å². The van der Waals surface area contributed by atoms with Crippen LogP contribution in [0.15, 0.2) is 63.8 Å². The maximum Gasteiger partial charge on any atom is 0.336 e. The van der Waals surface area contributed by atoms with Crippen LogP contribution >= 0.6 is 0 Å². The second kappa shape index (κ2) is 6.50. The second-order valence-electron chi connectivity index (χ2n) is 7.04. The summed E-state index contributed by atoms with van der Waals surface area (Å²) in [5.41, 5.74) is 5.81. The van der Waals surface area contributed by atoms with E-state index < -0.39 is 0 Å². The summed E-state index contributed by atoms with van der Waals surface area (Å²) < 4.78 is 7.41. The number of nitrogens with zero attached hydrogens (tertiary/aromatic N) is 3. The summed E-state index contributed by atoms with van der Waals surface area (Å²) in [5, 5.41) is 9.92. The van der Waals surface area contributed by atoms with E-state index in [-0.39, 0.29) is 5.63 Å². The number of hydrogen-bond acceptors (Lipinski definition) is 4. The zero-order chi connectivity index (χ0) is 18.2. The highest BCUT2D eigenvalue weighted by Gasteiger charge is 2.21. The quantitative estimate of drug-likeness (QED) is 0.509. The van der Waals surface area contributed by atoms with Crippen LogP contribution in [0.3, 0.4) is 0 Å². The molecule has 1 aliphatic rings. The minimum Gasteiger partial charge on any atom is -0.423 e. The molecule has 0 unspecified atom stereocenters. The Morgan fingerprint density at radius 1 is 1.00 bits per heavy atom. The standard InChI is InChI=1S/C22H19N3O2/c26-21-11-10-17-12-16-8-4-5-9-19-22(18(16)13-20(17)27-21)23-24-25(19)14-15-6-2-1-3-7-15/h1-3,6-7,10-13H,4-5,8-9,14H2. The van der Waals surface area contributed by atoms with Crippen molar-refractivity contribution in [1.29, 1.82) is 0 Å². The maximum atomic E-state index is 11.6. The Morgan fingerprint density at radius 2 is 1.85 bits per heavy atom. The topological polar surface area (TPSA) is 60.9 Å². The zero-order valence-electron chi connectivity index (χ0n) is 14.9.